The Bertz CT molecular complexity index is 2350. The van der Waals surface area contributed by atoms with E-state index in [-0.39, 0.29) is 47.4 Å². The lowest BCUT2D eigenvalue weighted by atomic mass is 9.71. The maximum Gasteiger partial charge on any atom is 0.255 e. The molecule has 0 radical (unpaired) electrons. The predicted octanol–water partition coefficient (Wildman–Crippen LogP) is 6.70. The normalized spacial score (nSPS) is 24.2. The number of ether oxygens (including phenoxy) is 1. The first-order valence-electron chi connectivity index (χ1n) is 21.2. The lowest BCUT2D eigenvalue weighted by Crippen LogP contribution is -2.60. The number of piperidine rings is 3. The van der Waals surface area contributed by atoms with Gasteiger partial charge in [-0.05, 0) is 111 Å². The van der Waals surface area contributed by atoms with Crippen molar-refractivity contribution in [2.45, 2.75) is 62.9 Å². The number of benzene rings is 4. The number of aromatic hydroxyl groups is 1. The second-order valence-electron chi connectivity index (χ2n) is 17.8. The number of amides is 3. The van der Waals surface area contributed by atoms with Crippen LogP contribution in [0.4, 0.5) is 24.5 Å². The summed E-state index contributed by atoms with van der Waals surface area (Å²) in [5, 5.41) is 12.5. The first kappa shape index (κ1) is 38.6. The van der Waals surface area contributed by atoms with E-state index in [1.54, 1.807) is 17.0 Å². The van der Waals surface area contributed by atoms with Gasteiger partial charge in [0.15, 0.2) is 0 Å². The van der Waals surface area contributed by atoms with E-state index >= 15 is 13.2 Å². The highest BCUT2D eigenvalue weighted by Crippen LogP contribution is 2.49. The fourth-order valence-corrected chi connectivity index (χ4v) is 10.8. The van der Waals surface area contributed by atoms with Gasteiger partial charge in [-0.15, -0.1) is 0 Å². The third-order valence-electron chi connectivity index (χ3n) is 14.2. The number of imide groups is 1. The van der Waals surface area contributed by atoms with Gasteiger partial charge < -0.3 is 29.4 Å². The average molecular weight is 820 g/mol. The van der Waals surface area contributed by atoms with Crippen LogP contribution in [-0.4, -0.2) is 91.1 Å². The molecule has 10 nitrogen and oxygen atoms in total. The van der Waals surface area contributed by atoms with Crippen LogP contribution in [-0.2, 0) is 16.1 Å². The molecule has 312 valence electrons. The second kappa shape index (κ2) is 15.2. The number of nitrogens with one attached hydrogen (secondary N) is 1. The monoisotopic (exact) mass is 819 g/mol. The van der Waals surface area contributed by atoms with Gasteiger partial charge in [-0.25, -0.2) is 13.2 Å². The van der Waals surface area contributed by atoms with Crippen LogP contribution < -0.4 is 19.9 Å². The molecular weight excluding hydrogens is 772 g/mol. The fraction of sp³-hybridized carbons (Fsp3) is 0.426. The standard InChI is InChI=1S/C47H48F3N5O5/c48-36-2-1-3-37(49)44(36)35-25-60-41-22-32(56)6-8-34(41)43(35)29-4-9-39(38(50)21-29)53-16-12-28(13-17-53)23-52-18-14-47(15-19-52)26-54(27-47)31-5-7-33-30(20-31)24-55(46(33)59)40-10-11-42(57)51-45(40)58/h1-9,20-22,28,35,40,43,56H,10-19,23-27H2,(H,51,57,58)/t35-,40?,43+/m0/s1. The number of nitrogens with zero attached hydrogens (tertiary/aromatic N) is 4. The molecule has 4 aromatic carbocycles. The van der Waals surface area contributed by atoms with Crippen molar-refractivity contribution in [3.05, 3.63) is 118 Å². The second-order valence-corrected chi connectivity index (χ2v) is 17.8. The minimum Gasteiger partial charge on any atom is -0.508 e. The maximum absolute atomic E-state index is 16.1. The molecule has 1 unspecified atom stereocenters. The molecule has 2 N–H and O–H groups in total. The van der Waals surface area contributed by atoms with E-state index in [1.165, 1.54) is 36.4 Å². The summed E-state index contributed by atoms with van der Waals surface area (Å²) in [6.45, 7) is 6.95. The van der Waals surface area contributed by atoms with Crippen molar-refractivity contribution in [3.8, 4) is 11.5 Å². The number of carbonyl (C=O) groups excluding carboxylic acids is 3. The van der Waals surface area contributed by atoms with Crippen molar-refractivity contribution in [1.82, 2.24) is 15.1 Å². The van der Waals surface area contributed by atoms with Crippen LogP contribution in [0.15, 0.2) is 72.8 Å². The molecule has 4 fully saturated rings. The van der Waals surface area contributed by atoms with Crippen LogP contribution in [0.5, 0.6) is 11.5 Å². The summed E-state index contributed by atoms with van der Waals surface area (Å²) in [5.74, 6) is -2.94. The zero-order chi connectivity index (χ0) is 41.3. The summed E-state index contributed by atoms with van der Waals surface area (Å²) in [4.78, 5) is 46.0. The van der Waals surface area contributed by atoms with Gasteiger partial charge in [-0.1, -0.05) is 18.2 Å². The zero-order valence-electron chi connectivity index (χ0n) is 33.3. The lowest BCUT2D eigenvalue weighted by molar-refractivity contribution is -0.136. The van der Waals surface area contributed by atoms with Crippen LogP contribution >= 0.6 is 0 Å². The Balaban J connectivity index is 0.728. The smallest absolute Gasteiger partial charge is 0.255 e. The van der Waals surface area contributed by atoms with E-state index in [9.17, 15) is 19.5 Å². The number of halogens is 3. The zero-order valence-corrected chi connectivity index (χ0v) is 33.3. The summed E-state index contributed by atoms with van der Waals surface area (Å²) < 4.78 is 52.2. The Hall–Kier alpha value is -5.56. The van der Waals surface area contributed by atoms with E-state index in [0.29, 0.717) is 47.0 Å². The van der Waals surface area contributed by atoms with Gasteiger partial charge in [0, 0.05) is 91.4 Å². The molecule has 4 aromatic rings. The van der Waals surface area contributed by atoms with Gasteiger partial charge in [0.25, 0.3) is 5.91 Å². The molecule has 6 heterocycles. The number of hydrogen-bond acceptors (Lipinski definition) is 8. The number of hydrogen-bond donors (Lipinski definition) is 2. The van der Waals surface area contributed by atoms with Gasteiger partial charge in [-0.3, -0.25) is 19.7 Å². The number of fused-ring (bicyclic) bond motifs is 2. The molecule has 13 heteroatoms. The Morgan fingerprint density at radius 1 is 0.817 bits per heavy atom. The van der Waals surface area contributed by atoms with Crippen LogP contribution in [0.3, 0.4) is 0 Å². The van der Waals surface area contributed by atoms with E-state index in [0.717, 1.165) is 82.7 Å². The summed E-state index contributed by atoms with van der Waals surface area (Å²) in [6.07, 6.45) is 4.79. The summed E-state index contributed by atoms with van der Waals surface area (Å²) in [7, 11) is 0. The number of anilines is 2. The first-order chi connectivity index (χ1) is 29.0. The quantitative estimate of drug-likeness (QED) is 0.199. The van der Waals surface area contributed by atoms with Crippen molar-refractivity contribution in [1.29, 1.82) is 0 Å². The molecule has 6 aliphatic rings. The van der Waals surface area contributed by atoms with E-state index in [1.807, 2.05) is 18.2 Å². The van der Waals surface area contributed by atoms with E-state index < -0.39 is 35.4 Å². The topological polar surface area (TPSA) is 106 Å². The Morgan fingerprint density at radius 2 is 1.58 bits per heavy atom. The number of phenolic OH excluding ortho intramolecular Hbond substituents is 1. The Morgan fingerprint density at radius 3 is 2.32 bits per heavy atom. The molecule has 60 heavy (non-hydrogen) atoms. The van der Waals surface area contributed by atoms with Crippen LogP contribution in [0.2, 0.25) is 0 Å². The molecule has 6 aliphatic heterocycles. The van der Waals surface area contributed by atoms with Crippen molar-refractivity contribution in [2.24, 2.45) is 11.3 Å². The molecule has 4 saturated heterocycles. The highest BCUT2D eigenvalue weighted by atomic mass is 19.1. The molecule has 0 aliphatic carbocycles. The lowest BCUT2D eigenvalue weighted by Gasteiger charge is -2.55. The molecule has 3 atom stereocenters. The van der Waals surface area contributed by atoms with Gasteiger partial charge in [-0.2, -0.15) is 0 Å². The highest BCUT2D eigenvalue weighted by molar-refractivity contribution is 6.05. The minimum absolute atomic E-state index is 0.0133. The minimum atomic E-state index is -0.739. The van der Waals surface area contributed by atoms with Gasteiger partial charge >= 0.3 is 0 Å². The van der Waals surface area contributed by atoms with Crippen molar-refractivity contribution >= 4 is 29.1 Å². The van der Waals surface area contributed by atoms with E-state index in [4.69, 9.17) is 4.74 Å². The predicted molar refractivity (Wildman–Crippen MR) is 219 cm³/mol. The van der Waals surface area contributed by atoms with Crippen molar-refractivity contribution < 1.29 is 37.4 Å². The summed E-state index contributed by atoms with van der Waals surface area (Å²) >= 11 is 0. The molecule has 0 saturated carbocycles. The molecule has 10 rings (SSSR count). The van der Waals surface area contributed by atoms with Gasteiger partial charge in [0.2, 0.25) is 11.8 Å². The van der Waals surface area contributed by atoms with E-state index in [2.05, 4.69) is 26.1 Å². The Kier molecular flexibility index (Phi) is 9.76. The molecule has 0 aromatic heterocycles. The summed E-state index contributed by atoms with van der Waals surface area (Å²) in [6, 6.07) is 19.0. The fourth-order valence-electron chi connectivity index (χ4n) is 10.8. The van der Waals surface area contributed by atoms with Gasteiger partial charge in [0.1, 0.15) is 35.0 Å². The van der Waals surface area contributed by atoms with Crippen LogP contribution in [0.1, 0.15) is 83.0 Å². The van der Waals surface area contributed by atoms with Gasteiger partial charge in [0.05, 0.1) is 12.3 Å². The average Bonchev–Trinajstić information content (AvgIpc) is 3.55. The maximum atomic E-state index is 16.1. The molecule has 1 spiro atoms. The molecule has 0 bridgehead atoms. The van der Waals surface area contributed by atoms with Crippen molar-refractivity contribution in [2.75, 3.05) is 62.2 Å². The van der Waals surface area contributed by atoms with Crippen molar-refractivity contribution in [3.63, 3.8) is 0 Å². The third-order valence-corrected chi connectivity index (χ3v) is 14.2. The largest absolute Gasteiger partial charge is 0.508 e. The third kappa shape index (κ3) is 6.94. The Labute approximate surface area is 346 Å². The molecular formula is C47H48F3N5O5. The first-order valence-corrected chi connectivity index (χ1v) is 21.2. The number of rotatable bonds is 7. The molecule has 3 amide bonds. The highest BCUT2D eigenvalue weighted by Gasteiger charge is 2.46. The summed E-state index contributed by atoms with van der Waals surface area (Å²) in [5.41, 5.74) is 4.62. The SMILES string of the molecule is O=C1CCC(N2Cc3cc(N4CC5(CCN(CC6CCN(c7ccc([C@@H]8c9ccc(O)cc9OC[C@@H]8c8c(F)cccc8F)cc7F)CC6)CC5)C4)ccc3C2=O)C(=O)N1. The van der Waals surface area contributed by atoms with Crippen LogP contribution in [0, 0.1) is 28.8 Å². The number of carbonyl (C=O) groups is 3. The number of likely N-dealkylation sites (tertiary alicyclic amines) is 1. The number of phenols is 1. The van der Waals surface area contributed by atoms with Crippen LogP contribution in [0.25, 0.3) is 0 Å².